The summed E-state index contributed by atoms with van der Waals surface area (Å²) >= 11 is 0. The fourth-order valence-electron chi connectivity index (χ4n) is 2.75. The highest BCUT2D eigenvalue weighted by Gasteiger charge is 2.16. The van der Waals surface area contributed by atoms with Crippen molar-refractivity contribution in [3.63, 3.8) is 0 Å². The van der Waals surface area contributed by atoms with Gasteiger partial charge in [0.15, 0.2) is 0 Å². The van der Waals surface area contributed by atoms with Crippen LogP contribution in [0.2, 0.25) is 0 Å². The predicted octanol–water partition coefficient (Wildman–Crippen LogP) is 3.54. The van der Waals surface area contributed by atoms with Gasteiger partial charge in [-0.2, -0.15) is 0 Å². The molecule has 1 aliphatic carbocycles. The van der Waals surface area contributed by atoms with Crippen molar-refractivity contribution in [3.8, 4) is 5.75 Å². The second-order valence-electron chi connectivity index (χ2n) is 5.74. The zero-order valence-electron chi connectivity index (χ0n) is 13.4. The van der Waals surface area contributed by atoms with Crippen LogP contribution in [0, 0.1) is 0 Å². The maximum absolute atomic E-state index is 12.2. The molecule has 5 nitrogen and oxygen atoms in total. The predicted molar refractivity (Wildman–Crippen MR) is 96.7 cm³/mol. The number of halogens is 1. The van der Waals surface area contributed by atoms with Gasteiger partial charge in [0, 0.05) is 24.0 Å². The zero-order chi connectivity index (χ0) is 16.1. The normalized spacial score (nSPS) is 14.0. The van der Waals surface area contributed by atoms with E-state index in [0.717, 1.165) is 24.3 Å². The number of hydrogen-bond donors (Lipinski definition) is 2. The molecule has 128 valence electrons. The summed E-state index contributed by atoms with van der Waals surface area (Å²) in [7, 11) is 0. The Labute approximate surface area is 148 Å². The van der Waals surface area contributed by atoms with Crippen LogP contribution in [0.1, 0.15) is 41.7 Å². The Kier molecular flexibility index (Phi) is 6.58. The average molecular weight is 348 g/mol. The van der Waals surface area contributed by atoms with Crippen molar-refractivity contribution >= 4 is 24.0 Å². The summed E-state index contributed by atoms with van der Waals surface area (Å²) < 4.78 is 5.92. The Morgan fingerprint density at radius 3 is 2.58 bits per heavy atom. The van der Waals surface area contributed by atoms with Crippen LogP contribution in [-0.4, -0.2) is 17.0 Å². The third kappa shape index (κ3) is 4.69. The molecule has 1 aliphatic rings. The average Bonchev–Trinajstić information content (AvgIpc) is 3.09. The van der Waals surface area contributed by atoms with Crippen LogP contribution in [0.4, 0.5) is 5.69 Å². The van der Waals surface area contributed by atoms with Gasteiger partial charge in [0.1, 0.15) is 5.75 Å². The van der Waals surface area contributed by atoms with Crippen LogP contribution in [0.5, 0.6) is 5.75 Å². The highest BCUT2D eigenvalue weighted by molar-refractivity contribution is 6.04. The number of rotatable bonds is 5. The fourth-order valence-corrected chi connectivity index (χ4v) is 2.75. The molecule has 0 unspecified atom stereocenters. The van der Waals surface area contributed by atoms with Gasteiger partial charge >= 0.3 is 0 Å². The SMILES string of the molecule is Cl.NCc1cc(C(=O)Nc2ccc(OC3CCCC3)cc2)ccn1. The number of carbonyl (C=O) groups excluding carboxylic acids is 1. The molecule has 0 saturated heterocycles. The van der Waals surface area contributed by atoms with Gasteiger partial charge in [-0.25, -0.2) is 0 Å². The largest absolute Gasteiger partial charge is 0.490 e. The number of anilines is 1. The lowest BCUT2D eigenvalue weighted by molar-refractivity contribution is 0.102. The van der Waals surface area contributed by atoms with Crippen LogP contribution in [-0.2, 0) is 6.54 Å². The van der Waals surface area contributed by atoms with E-state index < -0.39 is 0 Å². The van der Waals surface area contributed by atoms with Crippen LogP contribution in [0.25, 0.3) is 0 Å². The van der Waals surface area contributed by atoms with Crippen molar-refractivity contribution in [3.05, 3.63) is 53.9 Å². The number of nitrogens with one attached hydrogen (secondary N) is 1. The smallest absolute Gasteiger partial charge is 0.255 e. The monoisotopic (exact) mass is 347 g/mol. The van der Waals surface area contributed by atoms with Gasteiger partial charge in [-0.15, -0.1) is 12.4 Å². The van der Waals surface area contributed by atoms with Crippen LogP contribution in [0.3, 0.4) is 0 Å². The van der Waals surface area contributed by atoms with Crippen molar-refractivity contribution in [2.45, 2.75) is 38.3 Å². The Morgan fingerprint density at radius 1 is 1.21 bits per heavy atom. The number of benzene rings is 1. The van der Waals surface area contributed by atoms with Gasteiger partial charge in [0.05, 0.1) is 11.8 Å². The zero-order valence-corrected chi connectivity index (χ0v) is 14.2. The second-order valence-corrected chi connectivity index (χ2v) is 5.74. The summed E-state index contributed by atoms with van der Waals surface area (Å²) in [5.41, 5.74) is 7.52. The molecule has 0 radical (unpaired) electrons. The number of pyridine rings is 1. The van der Waals surface area contributed by atoms with Gasteiger partial charge in [0.25, 0.3) is 5.91 Å². The molecule has 24 heavy (non-hydrogen) atoms. The van der Waals surface area contributed by atoms with E-state index in [1.807, 2.05) is 24.3 Å². The Hall–Kier alpha value is -2.11. The lowest BCUT2D eigenvalue weighted by Gasteiger charge is -2.13. The second kappa shape index (κ2) is 8.66. The Bertz CT molecular complexity index is 670. The minimum Gasteiger partial charge on any atom is -0.490 e. The molecule has 1 aromatic heterocycles. The van der Waals surface area contributed by atoms with Gasteiger partial charge in [-0.1, -0.05) is 0 Å². The maximum Gasteiger partial charge on any atom is 0.255 e. The van der Waals surface area contributed by atoms with E-state index in [4.69, 9.17) is 10.5 Å². The summed E-state index contributed by atoms with van der Waals surface area (Å²) in [4.78, 5) is 16.3. The number of carbonyl (C=O) groups is 1. The van der Waals surface area contributed by atoms with Gasteiger partial charge in [-0.3, -0.25) is 9.78 Å². The molecule has 1 fully saturated rings. The standard InChI is InChI=1S/C18H21N3O2.ClH/c19-12-15-11-13(9-10-20-15)18(22)21-14-5-7-17(8-6-14)23-16-3-1-2-4-16;/h5-11,16H,1-4,12,19H2,(H,21,22);1H. The van der Waals surface area contributed by atoms with E-state index in [-0.39, 0.29) is 18.3 Å². The van der Waals surface area contributed by atoms with E-state index in [0.29, 0.717) is 23.9 Å². The number of ether oxygens (including phenoxy) is 1. The summed E-state index contributed by atoms with van der Waals surface area (Å²) in [5.74, 6) is 0.677. The van der Waals surface area contributed by atoms with E-state index in [1.165, 1.54) is 12.8 Å². The molecule has 2 aromatic rings. The molecule has 1 heterocycles. The van der Waals surface area contributed by atoms with E-state index >= 15 is 0 Å². The molecule has 6 heteroatoms. The molecule has 0 aliphatic heterocycles. The molecule has 1 amide bonds. The van der Waals surface area contributed by atoms with Crippen molar-refractivity contribution < 1.29 is 9.53 Å². The molecular formula is C18H22ClN3O2. The quantitative estimate of drug-likeness (QED) is 0.867. The summed E-state index contributed by atoms with van der Waals surface area (Å²) in [6, 6.07) is 10.9. The van der Waals surface area contributed by atoms with Crippen molar-refractivity contribution in [2.75, 3.05) is 5.32 Å². The van der Waals surface area contributed by atoms with Gasteiger partial charge in [0.2, 0.25) is 0 Å². The van der Waals surface area contributed by atoms with Crippen molar-refractivity contribution in [1.82, 2.24) is 4.98 Å². The summed E-state index contributed by atoms with van der Waals surface area (Å²) in [5, 5.41) is 2.87. The summed E-state index contributed by atoms with van der Waals surface area (Å²) in [6.45, 7) is 0.314. The maximum atomic E-state index is 12.2. The molecular weight excluding hydrogens is 326 g/mol. The molecule has 0 bridgehead atoms. The van der Waals surface area contributed by atoms with Crippen molar-refractivity contribution in [1.29, 1.82) is 0 Å². The van der Waals surface area contributed by atoms with Gasteiger partial charge < -0.3 is 15.8 Å². The number of aromatic nitrogens is 1. The number of nitrogens with two attached hydrogens (primary N) is 1. The first-order valence-electron chi connectivity index (χ1n) is 7.97. The first-order chi connectivity index (χ1) is 11.2. The minimum atomic E-state index is -0.174. The van der Waals surface area contributed by atoms with Gasteiger partial charge in [-0.05, 0) is 62.1 Å². The number of nitrogens with zero attached hydrogens (tertiary/aromatic N) is 1. The van der Waals surface area contributed by atoms with Crippen LogP contribution < -0.4 is 15.8 Å². The molecule has 3 N–H and O–H groups in total. The topological polar surface area (TPSA) is 77.2 Å². The third-order valence-electron chi connectivity index (χ3n) is 4.01. The first kappa shape index (κ1) is 18.2. The molecule has 1 saturated carbocycles. The molecule has 0 atom stereocenters. The highest BCUT2D eigenvalue weighted by Crippen LogP contribution is 2.25. The lowest BCUT2D eigenvalue weighted by atomic mass is 10.2. The highest BCUT2D eigenvalue weighted by atomic mass is 35.5. The van der Waals surface area contributed by atoms with Crippen LogP contribution >= 0.6 is 12.4 Å². The van der Waals surface area contributed by atoms with E-state index in [9.17, 15) is 4.79 Å². The minimum absolute atomic E-state index is 0. The Morgan fingerprint density at radius 2 is 1.92 bits per heavy atom. The lowest BCUT2D eigenvalue weighted by Crippen LogP contribution is -2.13. The van der Waals surface area contributed by atoms with Crippen molar-refractivity contribution in [2.24, 2.45) is 5.73 Å². The number of hydrogen-bond acceptors (Lipinski definition) is 4. The Balaban J connectivity index is 0.00000208. The molecule has 3 rings (SSSR count). The molecule has 0 spiro atoms. The van der Waals surface area contributed by atoms with Crippen LogP contribution in [0.15, 0.2) is 42.6 Å². The fraction of sp³-hybridized carbons (Fsp3) is 0.333. The number of amides is 1. The summed E-state index contributed by atoms with van der Waals surface area (Å²) in [6.07, 6.45) is 6.68. The molecule has 1 aromatic carbocycles. The third-order valence-corrected chi connectivity index (χ3v) is 4.01. The van der Waals surface area contributed by atoms with E-state index in [1.54, 1.807) is 18.3 Å². The first-order valence-corrected chi connectivity index (χ1v) is 7.97. The van der Waals surface area contributed by atoms with E-state index in [2.05, 4.69) is 10.3 Å².